The number of pyridine rings is 1. The van der Waals surface area contributed by atoms with E-state index in [1.165, 1.54) is 12.1 Å². The van der Waals surface area contributed by atoms with Crippen molar-refractivity contribution in [2.75, 3.05) is 18.9 Å². The van der Waals surface area contributed by atoms with E-state index in [1.54, 1.807) is 0 Å². The van der Waals surface area contributed by atoms with Crippen LogP contribution in [0, 0.1) is 13.8 Å². The minimum Gasteiger partial charge on any atom is -0.382 e. The van der Waals surface area contributed by atoms with Crippen molar-refractivity contribution < 1.29 is 22.7 Å². The van der Waals surface area contributed by atoms with Crippen molar-refractivity contribution in [2.24, 2.45) is 0 Å². The van der Waals surface area contributed by atoms with Gasteiger partial charge >= 0.3 is 6.18 Å². The predicted octanol–water partition coefficient (Wildman–Crippen LogP) is 4.01. The number of hydrogen-bond acceptors (Lipinski definition) is 5. The van der Waals surface area contributed by atoms with Gasteiger partial charge in [-0.2, -0.15) is 13.2 Å². The number of nitrogens with zero attached hydrogens (tertiary/aromatic N) is 3. The number of fused-ring (bicyclic) bond motifs is 1. The van der Waals surface area contributed by atoms with Gasteiger partial charge in [0, 0.05) is 31.0 Å². The molecule has 172 valence electrons. The van der Waals surface area contributed by atoms with Gasteiger partial charge in [0.2, 0.25) is 0 Å². The number of carbonyl (C=O) groups excluding carboxylic acids is 1. The van der Waals surface area contributed by atoms with E-state index >= 15 is 0 Å². The summed E-state index contributed by atoms with van der Waals surface area (Å²) in [6.45, 7) is 7.49. The van der Waals surface area contributed by atoms with Crippen LogP contribution in [-0.2, 0) is 24.1 Å². The summed E-state index contributed by atoms with van der Waals surface area (Å²) in [4.78, 5) is 21.2. The monoisotopic (exact) mass is 449 g/mol. The lowest BCUT2D eigenvalue weighted by Gasteiger charge is -2.12. The number of aromatic nitrogens is 3. The van der Waals surface area contributed by atoms with Crippen LogP contribution in [0.5, 0.6) is 0 Å². The molecule has 1 amide bonds. The third-order valence-corrected chi connectivity index (χ3v) is 5.23. The Morgan fingerprint density at radius 2 is 1.88 bits per heavy atom. The second-order valence-corrected chi connectivity index (χ2v) is 7.41. The number of alkyl halides is 3. The average molecular weight is 449 g/mol. The highest BCUT2D eigenvalue weighted by molar-refractivity contribution is 5.94. The van der Waals surface area contributed by atoms with Crippen molar-refractivity contribution in [1.29, 1.82) is 0 Å². The number of benzene rings is 1. The molecule has 0 saturated heterocycles. The van der Waals surface area contributed by atoms with E-state index in [9.17, 15) is 18.0 Å². The highest BCUT2D eigenvalue weighted by Gasteiger charge is 2.30. The number of imidazole rings is 1. The maximum absolute atomic E-state index is 12.7. The van der Waals surface area contributed by atoms with E-state index < -0.39 is 17.6 Å². The SMILES string of the molecule is CCOCc1nc2c(N)nc(C)c(C)c2n1CCCNC(=O)c1ccc(C(F)(F)F)cc1. The molecule has 0 unspecified atom stereocenters. The summed E-state index contributed by atoms with van der Waals surface area (Å²) in [5.41, 5.74) is 8.76. The van der Waals surface area contributed by atoms with Crippen LogP contribution >= 0.6 is 0 Å². The zero-order valence-corrected chi connectivity index (χ0v) is 18.2. The van der Waals surface area contributed by atoms with Crippen LogP contribution in [0.2, 0.25) is 0 Å². The van der Waals surface area contributed by atoms with Gasteiger partial charge in [0.25, 0.3) is 5.91 Å². The van der Waals surface area contributed by atoms with Gasteiger partial charge in [-0.25, -0.2) is 9.97 Å². The summed E-state index contributed by atoms with van der Waals surface area (Å²) in [6.07, 6.45) is -3.85. The van der Waals surface area contributed by atoms with Crippen molar-refractivity contribution in [3.63, 3.8) is 0 Å². The summed E-state index contributed by atoms with van der Waals surface area (Å²) in [5, 5.41) is 2.75. The molecule has 0 saturated carbocycles. The number of nitrogens with two attached hydrogens (primary N) is 1. The van der Waals surface area contributed by atoms with Crippen LogP contribution in [0.4, 0.5) is 19.0 Å². The maximum Gasteiger partial charge on any atom is 0.416 e. The van der Waals surface area contributed by atoms with E-state index in [1.807, 2.05) is 25.3 Å². The van der Waals surface area contributed by atoms with Crippen LogP contribution in [0.25, 0.3) is 11.0 Å². The van der Waals surface area contributed by atoms with E-state index in [0.717, 1.165) is 34.7 Å². The Morgan fingerprint density at radius 3 is 2.50 bits per heavy atom. The van der Waals surface area contributed by atoms with Gasteiger partial charge in [-0.15, -0.1) is 0 Å². The third kappa shape index (κ3) is 5.01. The van der Waals surface area contributed by atoms with Crippen molar-refractivity contribution >= 4 is 22.8 Å². The second-order valence-electron chi connectivity index (χ2n) is 7.41. The van der Waals surface area contributed by atoms with Gasteiger partial charge in [-0.3, -0.25) is 4.79 Å². The Labute approximate surface area is 183 Å². The first kappa shape index (κ1) is 23.5. The molecule has 10 heteroatoms. The zero-order valence-electron chi connectivity index (χ0n) is 18.2. The molecule has 2 aromatic heterocycles. The third-order valence-electron chi connectivity index (χ3n) is 5.23. The fraction of sp³-hybridized carbons (Fsp3) is 0.409. The standard InChI is InChI=1S/C22H26F3N5O2/c1-4-32-12-17-29-18-19(13(2)14(3)28-20(18)26)30(17)11-5-10-27-21(31)15-6-8-16(9-7-15)22(23,24)25/h6-9H,4-5,10-12H2,1-3H3,(H2,26,28)(H,27,31). The molecule has 1 aromatic carbocycles. The van der Waals surface area contributed by atoms with E-state index in [-0.39, 0.29) is 5.56 Å². The number of aryl methyl sites for hydroxylation is 3. The quantitative estimate of drug-likeness (QED) is 0.507. The van der Waals surface area contributed by atoms with Crippen LogP contribution in [0.1, 0.15) is 46.3 Å². The fourth-order valence-corrected chi connectivity index (χ4v) is 3.44. The van der Waals surface area contributed by atoms with Gasteiger partial charge in [-0.05, 0) is 57.0 Å². The van der Waals surface area contributed by atoms with Crippen molar-refractivity contribution in [3.05, 3.63) is 52.5 Å². The Bertz CT molecular complexity index is 1110. The minimum absolute atomic E-state index is 0.174. The summed E-state index contributed by atoms with van der Waals surface area (Å²) < 4.78 is 45.6. The smallest absolute Gasteiger partial charge is 0.382 e. The number of amides is 1. The van der Waals surface area contributed by atoms with Gasteiger partial charge in [0.05, 0.1) is 11.1 Å². The number of nitrogen functional groups attached to an aromatic ring is 1. The predicted molar refractivity (Wildman–Crippen MR) is 115 cm³/mol. The zero-order chi connectivity index (χ0) is 23.5. The van der Waals surface area contributed by atoms with Gasteiger partial charge in [0.1, 0.15) is 17.9 Å². The molecule has 2 heterocycles. The van der Waals surface area contributed by atoms with Gasteiger partial charge in [-0.1, -0.05) is 0 Å². The highest BCUT2D eigenvalue weighted by Crippen LogP contribution is 2.29. The molecule has 0 aliphatic heterocycles. The number of nitrogens with one attached hydrogen (secondary N) is 1. The van der Waals surface area contributed by atoms with Crippen molar-refractivity contribution in [1.82, 2.24) is 19.9 Å². The van der Waals surface area contributed by atoms with Gasteiger partial charge < -0.3 is 20.4 Å². The topological polar surface area (TPSA) is 95.1 Å². The number of hydrogen-bond donors (Lipinski definition) is 2. The lowest BCUT2D eigenvalue weighted by molar-refractivity contribution is -0.137. The normalized spacial score (nSPS) is 11.8. The van der Waals surface area contributed by atoms with Crippen LogP contribution in [0.3, 0.4) is 0 Å². The molecule has 0 bridgehead atoms. The van der Waals surface area contributed by atoms with Crippen LogP contribution < -0.4 is 11.1 Å². The lowest BCUT2D eigenvalue weighted by Crippen LogP contribution is -2.25. The molecule has 0 atom stereocenters. The number of ether oxygens (including phenoxy) is 1. The number of halogens is 3. The first-order valence-electron chi connectivity index (χ1n) is 10.3. The Kier molecular flexibility index (Phi) is 7.02. The minimum atomic E-state index is -4.43. The Morgan fingerprint density at radius 1 is 1.19 bits per heavy atom. The largest absolute Gasteiger partial charge is 0.416 e. The summed E-state index contributed by atoms with van der Waals surface area (Å²) >= 11 is 0. The molecule has 32 heavy (non-hydrogen) atoms. The average Bonchev–Trinajstić information content (AvgIpc) is 3.12. The van der Waals surface area contributed by atoms with Crippen molar-refractivity contribution in [2.45, 2.75) is 46.5 Å². The first-order valence-corrected chi connectivity index (χ1v) is 10.3. The number of carbonyl (C=O) groups is 1. The van der Waals surface area contributed by atoms with Gasteiger partial charge in [0.15, 0.2) is 5.82 Å². The summed E-state index contributed by atoms with van der Waals surface area (Å²) in [6, 6.07) is 4.14. The lowest BCUT2D eigenvalue weighted by atomic mass is 10.1. The summed E-state index contributed by atoms with van der Waals surface area (Å²) in [7, 11) is 0. The fourth-order valence-electron chi connectivity index (χ4n) is 3.44. The molecule has 3 rings (SSSR count). The molecule has 0 radical (unpaired) electrons. The molecule has 0 aliphatic carbocycles. The van der Waals surface area contributed by atoms with Crippen LogP contribution in [0.15, 0.2) is 24.3 Å². The maximum atomic E-state index is 12.7. The van der Waals surface area contributed by atoms with Crippen LogP contribution in [-0.4, -0.2) is 33.6 Å². The first-order chi connectivity index (χ1) is 15.1. The summed E-state index contributed by atoms with van der Waals surface area (Å²) in [5.74, 6) is 0.651. The van der Waals surface area contributed by atoms with Crippen molar-refractivity contribution in [3.8, 4) is 0 Å². The second kappa shape index (κ2) is 9.56. The van der Waals surface area contributed by atoms with E-state index in [0.29, 0.717) is 44.1 Å². The molecule has 3 aromatic rings. The molecule has 7 nitrogen and oxygen atoms in total. The Balaban J connectivity index is 1.70. The number of anilines is 1. The Hall–Kier alpha value is -3.14. The molecule has 3 N–H and O–H groups in total. The highest BCUT2D eigenvalue weighted by atomic mass is 19.4. The van der Waals surface area contributed by atoms with E-state index in [2.05, 4.69) is 15.3 Å². The van der Waals surface area contributed by atoms with E-state index in [4.69, 9.17) is 10.5 Å². The molecular weight excluding hydrogens is 423 g/mol. The number of rotatable bonds is 8. The molecule has 0 spiro atoms. The molecular formula is C22H26F3N5O2. The molecule has 0 aliphatic rings. The molecule has 0 fully saturated rings.